The van der Waals surface area contributed by atoms with Crippen molar-refractivity contribution in [3.8, 4) is 0 Å². The van der Waals surface area contributed by atoms with Gasteiger partial charge in [0.15, 0.2) is 11.9 Å². The predicted octanol–water partition coefficient (Wildman–Crippen LogP) is 9.37. The summed E-state index contributed by atoms with van der Waals surface area (Å²) in [6.07, 6.45) is 29.2. The second-order valence-corrected chi connectivity index (χ2v) is 11.9. The summed E-state index contributed by atoms with van der Waals surface area (Å²) in [5.41, 5.74) is 0. The highest BCUT2D eigenvalue weighted by atomic mass is 16.6. The van der Waals surface area contributed by atoms with Crippen molar-refractivity contribution in [2.75, 3.05) is 13.2 Å². The van der Waals surface area contributed by atoms with Crippen molar-refractivity contribution in [3.63, 3.8) is 0 Å². The summed E-state index contributed by atoms with van der Waals surface area (Å²) in [7, 11) is 0. The Kier molecular flexibility index (Phi) is 29.1. The molecule has 0 radical (unpaired) electrons. The lowest BCUT2D eigenvalue weighted by Crippen LogP contribution is -2.28. The quantitative estimate of drug-likeness (QED) is 0.0387. The van der Waals surface area contributed by atoms with E-state index in [0.29, 0.717) is 19.3 Å². The van der Waals surface area contributed by atoms with Crippen molar-refractivity contribution in [3.05, 3.63) is 24.3 Å². The van der Waals surface area contributed by atoms with Gasteiger partial charge in [0, 0.05) is 19.3 Å². The summed E-state index contributed by atoms with van der Waals surface area (Å²) >= 11 is 0. The maximum absolute atomic E-state index is 12.1. The summed E-state index contributed by atoms with van der Waals surface area (Å²) < 4.78 is 10.5. The summed E-state index contributed by atoms with van der Waals surface area (Å²) in [4.78, 5) is 35.8. The second kappa shape index (κ2) is 30.5. The lowest BCUT2D eigenvalue weighted by Gasteiger charge is -2.15. The first-order valence-corrected chi connectivity index (χ1v) is 17.2. The molecular weight excluding hydrogens is 528 g/mol. The molecule has 1 unspecified atom stereocenters. The van der Waals surface area contributed by atoms with E-state index in [4.69, 9.17) is 9.47 Å². The van der Waals surface area contributed by atoms with Gasteiger partial charge >= 0.3 is 11.9 Å². The monoisotopic (exact) mass is 592 g/mol. The SMILES string of the molecule is CCCCCC(=O)/C=C/C=C\CCCCCCCC(=O)OC[C@H](CO)OC(=O)CCCCCCCCCCC(C)CC. The van der Waals surface area contributed by atoms with Crippen LogP contribution in [0.2, 0.25) is 0 Å². The number of allylic oxidation sites excluding steroid dienone is 4. The number of rotatable bonds is 30. The van der Waals surface area contributed by atoms with E-state index in [9.17, 15) is 19.5 Å². The highest BCUT2D eigenvalue weighted by molar-refractivity contribution is 5.89. The minimum absolute atomic E-state index is 0.0940. The van der Waals surface area contributed by atoms with Crippen LogP contribution in [0.4, 0.5) is 0 Å². The fraction of sp³-hybridized carbons (Fsp3) is 0.806. The van der Waals surface area contributed by atoms with Gasteiger partial charge < -0.3 is 14.6 Å². The van der Waals surface area contributed by atoms with Gasteiger partial charge in [0.2, 0.25) is 0 Å². The van der Waals surface area contributed by atoms with E-state index in [2.05, 4.69) is 26.8 Å². The number of unbranched alkanes of at least 4 members (excludes halogenated alkanes) is 14. The normalized spacial score (nSPS) is 13.0. The first-order chi connectivity index (χ1) is 20.4. The molecule has 0 aromatic carbocycles. The molecular formula is C36H64O6. The van der Waals surface area contributed by atoms with Crippen molar-refractivity contribution in [2.24, 2.45) is 5.92 Å². The molecule has 0 heterocycles. The number of ketones is 1. The maximum Gasteiger partial charge on any atom is 0.306 e. The molecule has 0 aliphatic heterocycles. The lowest BCUT2D eigenvalue weighted by molar-refractivity contribution is -0.161. The largest absolute Gasteiger partial charge is 0.462 e. The highest BCUT2D eigenvalue weighted by Crippen LogP contribution is 2.15. The van der Waals surface area contributed by atoms with E-state index in [1.165, 1.54) is 44.9 Å². The van der Waals surface area contributed by atoms with E-state index in [0.717, 1.165) is 83.0 Å². The molecule has 42 heavy (non-hydrogen) atoms. The molecule has 0 spiro atoms. The molecule has 244 valence electrons. The molecule has 0 rings (SSSR count). The number of hydrogen-bond acceptors (Lipinski definition) is 6. The second-order valence-electron chi connectivity index (χ2n) is 11.9. The summed E-state index contributed by atoms with van der Waals surface area (Å²) in [5.74, 6) is 0.394. The van der Waals surface area contributed by atoms with Crippen molar-refractivity contribution >= 4 is 17.7 Å². The van der Waals surface area contributed by atoms with Gasteiger partial charge in [0.25, 0.3) is 0 Å². The molecule has 0 amide bonds. The Morgan fingerprint density at radius 2 is 1.26 bits per heavy atom. The van der Waals surface area contributed by atoms with Crippen molar-refractivity contribution in [1.29, 1.82) is 0 Å². The number of aliphatic hydroxyl groups is 1. The van der Waals surface area contributed by atoms with Crippen LogP contribution in [0.3, 0.4) is 0 Å². The van der Waals surface area contributed by atoms with Gasteiger partial charge in [-0.2, -0.15) is 0 Å². The number of carbonyl (C=O) groups excluding carboxylic acids is 3. The van der Waals surface area contributed by atoms with Crippen LogP contribution in [0.15, 0.2) is 24.3 Å². The van der Waals surface area contributed by atoms with Gasteiger partial charge in [0.05, 0.1) is 6.61 Å². The molecule has 6 nitrogen and oxygen atoms in total. The number of ether oxygens (including phenoxy) is 2. The molecule has 0 aromatic rings. The van der Waals surface area contributed by atoms with Crippen LogP contribution < -0.4 is 0 Å². The number of esters is 2. The number of hydrogen-bond donors (Lipinski definition) is 1. The van der Waals surface area contributed by atoms with Crippen LogP contribution >= 0.6 is 0 Å². The van der Waals surface area contributed by atoms with Gasteiger partial charge in [0.1, 0.15) is 6.61 Å². The maximum atomic E-state index is 12.1. The van der Waals surface area contributed by atoms with Crippen LogP contribution in [0, 0.1) is 5.92 Å². The van der Waals surface area contributed by atoms with Crippen LogP contribution in [0.5, 0.6) is 0 Å². The lowest BCUT2D eigenvalue weighted by atomic mass is 9.99. The molecule has 6 heteroatoms. The Hall–Kier alpha value is -1.95. The van der Waals surface area contributed by atoms with E-state index in [-0.39, 0.29) is 30.9 Å². The van der Waals surface area contributed by atoms with Gasteiger partial charge in [-0.25, -0.2) is 0 Å². The van der Waals surface area contributed by atoms with E-state index in [1.54, 1.807) is 6.08 Å². The van der Waals surface area contributed by atoms with Crippen LogP contribution in [0.25, 0.3) is 0 Å². The highest BCUT2D eigenvalue weighted by Gasteiger charge is 2.16. The molecule has 0 aliphatic carbocycles. The zero-order valence-electron chi connectivity index (χ0n) is 27.4. The third-order valence-corrected chi connectivity index (χ3v) is 7.76. The van der Waals surface area contributed by atoms with Gasteiger partial charge in [-0.3, -0.25) is 14.4 Å². The Bertz CT molecular complexity index is 714. The first-order valence-electron chi connectivity index (χ1n) is 17.2. The zero-order valence-corrected chi connectivity index (χ0v) is 27.4. The number of aliphatic hydroxyl groups excluding tert-OH is 1. The first kappa shape index (κ1) is 40.1. The topological polar surface area (TPSA) is 89.9 Å². The molecule has 0 saturated heterocycles. The molecule has 0 fully saturated rings. The van der Waals surface area contributed by atoms with Crippen molar-refractivity contribution in [2.45, 2.75) is 168 Å². The Morgan fingerprint density at radius 1 is 0.690 bits per heavy atom. The summed E-state index contributed by atoms with van der Waals surface area (Å²) in [6.45, 7) is 6.27. The zero-order chi connectivity index (χ0) is 31.1. The third kappa shape index (κ3) is 28.2. The molecule has 0 bridgehead atoms. The fourth-order valence-corrected chi connectivity index (χ4v) is 4.69. The average Bonchev–Trinajstić information content (AvgIpc) is 2.98. The minimum atomic E-state index is -0.793. The smallest absolute Gasteiger partial charge is 0.306 e. The van der Waals surface area contributed by atoms with Crippen LogP contribution in [-0.4, -0.2) is 42.1 Å². The number of carbonyl (C=O) groups is 3. The van der Waals surface area contributed by atoms with Crippen molar-refractivity contribution < 1.29 is 29.0 Å². The Labute approximate surface area is 258 Å². The standard InChI is InChI=1S/C36H64O6/c1-4-6-20-26-33(38)27-22-17-13-8-7-9-14-18-23-28-35(39)41-31-34(30-37)42-36(40)29-24-19-15-11-10-12-16-21-25-32(3)5-2/h13,17,22,27,32,34,37H,4-12,14-16,18-21,23-26,28-31H2,1-3H3/b17-13-,27-22+/t32?,34-/m0/s1. The summed E-state index contributed by atoms with van der Waals surface area (Å²) in [5, 5.41) is 9.50. The van der Waals surface area contributed by atoms with Gasteiger partial charge in [-0.05, 0) is 44.1 Å². The van der Waals surface area contributed by atoms with Crippen LogP contribution in [-0.2, 0) is 23.9 Å². The molecule has 1 N–H and O–H groups in total. The van der Waals surface area contributed by atoms with E-state index >= 15 is 0 Å². The van der Waals surface area contributed by atoms with Crippen LogP contribution in [0.1, 0.15) is 162 Å². The molecule has 2 atom stereocenters. The molecule has 0 saturated carbocycles. The predicted molar refractivity (Wildman–Crippen MR) is 173 cm³/mol. The Balaban J connectivity index is 3.67. The fourth-order valence-electron chi connectivity index (χ4n) is 4.69. The molecule has 0 aliphatic rings. The minimum Gasteiger partial charge on any atom is -0.462 e. The third-order valence-electron chi connectivity index (χ3n) is 7.76. The summed E-state index contributed by atoms with van der Waals surface area (Å²) in [6, 6.07) is 0. The average molecular weight is 593 g/mol. The Morgan fingerprint density at radius 3 is 1.88 bits per heavy atom. The van der Waals surface area contributed by atoms with E-state index < -0.39 is 6.10 Å². The molecule has 0 aromatic heterocycles. The van der Waals surface area contributed by atoms with Gasteiger partial charge in [-0.15, -0.1) is 0 Å². The van der Waals surface area contributed by atoms with Crippen molar-refractivity contribution in [1.82, 2.24) is 0 Å². The van der Waals surface area contributed by atoms with Gasteiger partial charge in [-0.1, -0.05) is 129 Å². The van der Waals surface area contributed by atoms with E-state index in [1.807, 2.05) is 12.2 Å².